The van der Waals surface area contributed by atoms with E-state index < -0.39 is 23.6 Å². The maximum atomic E-state index is 12.1. The summed E-state index contributed by atoms with van der Waals surface area (Å²) in [5.41, 5.74) is 5.14. The van der Waals surface area contributed by atoms with Crippen LogP contribution in [0.3, 0.4) is 0 Å². The lowest BCUT2D eigenvalue weighted by molar-refractivity contribution is -0.274. The maximum Gasteiger partial charge on any atom is 0.573 e. The number of carbonyl (C=O) groups is 1. The highest BCUT2D eigenvalue weighted by molar-refractivity contribution is 9.10. The summed E-state index contributed by atoms with van der Waals surface area (Å²) in [6.07, 6.45) is -4.90. The molecule has 0 spiro atoms. The minimum atomic E-state index is -4.90. The van der Waals surface area contributed by atoms with Gasteiger partial charge < -0.3 is 15.2 Å². The summed E-state index contributed by atoms with van der Waals surface area (Å²) in [4.78, 5) is 11.3. The molecule has 94 valence electrons. The number of rotatable bonds is 2. The third-order valence-corrected chi connectivity index (χ3v) is 2.60. The van der Waals surface area contributed by atoms with Crippen molar-refractivity contribution in [3.63, 3.8) is 0 Å². The number of hydrogen-bond acceptors (Lipinski definition) is 4. The largest absolute Gasteiger partial charge is 0.573 e. The van der Waals surface area contributed by atoms with Crippen molar-refractivity contribution in [2.45, 2.75) is 6.36 Å². The van der Waals surface area contributed by atoms with E-state index in [1.54, 1.807) is 0 Å². The molecule has 17 heavy (non-hydrogen) atoms. The normalized spacial score (nSPS) is 11.1. The Morgan fingerprint density at radius 1 is 1.41 bits per heavy atom. The molecule has 0 saturated carbocycles. The van der Waals surface area contributed by atoms with Crippen LogP contribution in [0.1, 0.15) is 10.4 Å². The molecule has 0 unspecified atom stereocenters. The van der Waals surface area contributed by atoms with E-state index in [0.29, 0.717) is 0 Å². The average Bonchev–Trinajstić information content (AvgIpc) is 2.21. The van der Waals surface area contributed by atoms with Gasteiger partial charge in [-0.3, -0.25) is 0 Å². The maximum absolute atomic E-state index is 12.1. The van der Waals surface area contributed by atoms with Crippen molar-refractivity contribution >= 4 is 27.6 Å². The van der Waals surface area contributed by atoms with Gasteiger partial charge in [-0.05, 0) is 28.1 Å². The first-order valence-corrected chi connectivity index (χ1v) is 4.97. The standard InChI is InChI=1S/C9H7BrF3NO3/c1-16-8(15)6-5(17-9(11,12)13)3-2-4(14)7(6)10/h2-3H,14H2,1H3. The fourth-order valence-corrected chi connectivity index (χ4v) is 1.57. The van der Waals surface area contributed by atoms with Crippen molar-refractivity contribution in [2.24, 2.45) is 0 Å². The van der Waals surface area contributed by atoms with Crippen molar-refractivity contribution in [3.05, 3.63) is 22.2 Å². The number of halogens is 4. The van der Waals surface area contributed by atoms with E-state index in [-0.39, 0.29) is 10.2 Å². The molecule has 2 N–H and O–H groups in total. The SMILES string of the molecule is COC(=O)c1c(OC(F)(F)F)ccc(N)c1Br. The van der Waals surface area contributed by atoms with Crippen molar-refractivity contribution in [3.8, 4) is 5.75 Å². The molecule has 0 aliphatic carbocycles. The molecule has 0 aliphatic heterocycles. The van der Waals surface area contributed by atoms with E-state index in [4.69, 9.17) is 5.73 Å². The first-order valence-electron chi connectivity index (χ1n) is 4.18. The van der Waals surface area contributed by atoms with Gasteiger partial charge in [-0.2, -0.15) is 0 Å². The minimum Gasteiger partial charge on any atom is -0.465 e. The second-order valence-electron chi connectivity index (χ2n) is 2.88. The van der Waals surface area contributed by atoms with Gasteiger partial charge in [-0.25, -0.2) is 4.79 Å². The van der Waals surface area contributed by atoms with Crippen molar-refractivity contribution in [1.82, 2.24) is 0 Å². The summed E-state index contributed by atoms with van der Waals surface area (Å²) < 4.78 is 44.4. The van der Waals surface area contributed by atoms with Gasteiger partial charge in [0.25, 0.3) is 0 Å². The van der Waals surface area contributed by atoms with Crippen LogP contribution in [0.4, 0.5) is 18.9 Å². The van der Waals surface area contributed by atoms with Gasteiger partial charge in [0, 0.05) is 5.69 Å². The van der Waals surface area contributed by atoms with E-state index in [0.717, 1.165) is 13.2 Å². The Morgan fingerprint density at radius 2 is 2.00 bits per heavy atom. The van der Waals surface area contributed by atoms with Gasteiger partial charge in [-0.1, -0.05) is 0 Å². The first-order chi connectivity index (χ1) is 7.76. The highest BCUT2D eigenvalue weighted by Crippen LogP contribution is 2.35. The number of hydrogen-bond donors (Lipinski definition) is 1. The predicted octanol–water partition coefficient (Wildman–Crippen LogP) is 2.72. The summed E-state index contributed by atoms with van der Waals surface area (Å²) in [5, 5.41) is 0. The molecule has 0 atom stereocenters. The molecule has 1 aromatic rings. The molecule has 0 heterocycles. The quantitative estimate of drug-likeness (QED) is 0.673. The van der Waals surface area contributed by atoms with Crippen LogP contribution in [0.5, 0.6) is 5.75 Å². The molecule has 0 radical (unpaired) electrons. The predicted molar refractivity (Wildman–Crippen MR) is 56.6 cm³/mol. The van der Waals surface area contributed by atoms with E-state index >= 15 is 0 Å². The Morgan fingerprint density at radius 3 is 2.47 bits per heavy atom. The molecular formula is C9H7BrF3NO3. The van der Waals surface area contributed by atoms with E-state index in [9.17, 15) is 18.0 Å². The Kier molecular flexibility index (Phi) is 3.87. The zero-order valence-corrected chi connectivity index (χ0v) is 10.1. The Bertz CT molecular complexity index is 448. The summed E-state index contributed by atoms with van der Waals surface area (Å²) in [6, 6.07) is 2.12. The lowest BCUT2D eigenvalue weighted by Gasteiger charge is -2.14. The molecular weight excluding hydrogens is 307 g/mol. The van der Waals surface area contributed by atoms with E-state index in [2.05, 4.69) is 25.4 Å². The van der Waals surface area contributed by atoms with E-state index in [1.165, 1.54) is 6.07 Å². The lowest BCUT2D eigenvalue weighted by Crippen LogP contribution is -2.19. The van der Waals surface area contributed by atoms with Gasteiger partial charge in [0.2, 0.25) is 0 Å². The number of esters is 1. The zero-order valence-electron chi connectivity index (χ0n) is 8.47. The number of carbonyl (C=O) groups excluding carboxylic acids is 1. The van der Waals surface area contributed by atoms with Crippen LogP contribution in [0.2, 0.25) is 0 Å². The molecule has 0 bridgehead atoms. The van der Waals surface area contributed by atoms with Crippen LogP contribution >= 0.6 is 15.9 Å². The number of nitrogen functional groups attached to an aromatic ring is 1. The molecule has 1 aromatic carbocycles. The van der Waals surface area contributed by atoms with E-state index in [1.807, 2.05) is 0 Å². The van der Waals surface area contributed by atoms with Crippen LogP contribution in [0.25, 0.3) is 0 Å². The number of methoxy groups -OCH3 is 1. The molecule has 8 heteroatoms. The number of benzene rings is 1. The fourth-order valence-electron chi connectivity index (χ4n) is 1.08. The number of ether oxygens (including phenoxy) is 2. The Balaban J connectivity index is 3.30. The number of nitrogens with two attached hydrogens (primary N) is 1. The third kappa shape index (κ3) is 3.26. The smallest absolute Gasteiger partial charge is 0.465 e. The van der Waals surface area contributed by atoms with Crippen LogP contribution in [0, 0.1) is 0 Å². The highest BCUT2D eigenvalue weighted by Gasteiger charge is 2.34. The Hall–Kier alpha value is -1.44. The lowest BCUT2D eigenvalue weighted by atomic mass is 10.2. The zero-order chi connectivity index (χ0) is 13.2. The van der Waals surface area contributed by atoms with Gasteiger partial charge in [-0.15, -0.1) is 13.2 Å². The molecule has 1 rings (SSSR count). The summed E-state index contributed by atoms with van der Waals surface area (Å²) >= 11 is 2.91. The van der Waals surface area contributed by atoms with Crippen molar-refractivity contribution in [1.29, 1.82) is 0 Å². The molecule has 0 fully saturated rings. The van der Waals surface area contributed by atoms with Crippen molar-refractivity contribution in [2.75, 3.05) is 12.8 Å². The average molecular weight is 314 g/mol. The molecule has 0 amide bonds. The van der Waals surface area contributed by atoms with Crippen LogP contribution < -0.4 is 10.5 Å². The third-order valence-electron chi connectivity index (χ3n) is 1.75. The highest BCUT2D eigenvalue weighted by atomic mass is 79.9. The van der Waals surface area contributed by atoms with Crippen LogP contribution in [-0.4, -0.2) is 19.4 Å². The minimum absolute atomic E-state index is 0.00824. The summed E-state index contributed by atoms with van der Waals surface area (Å²) in [5.74, 6) is -1.66. The van der Waals surface area contributed by atoms with Crippen molar-refractivity contribution < 1.29 is 27.4 Å². The number of alkyl halides is 3. The second-order valence-corrected chi connectivity index (χ2v) is 3.67. The Labute approximate surface area is 103 Å². The second kappa shape index (κ2) is 4.82. The molecule has 0 aliphatic rings. The first kappa shape index (κ1) is 13.6. The van der Waals surface area contributed by atoms with Crippen LogP contribution in [0.15, 0.2) is 16.6 Å². The monoisotopic (exact) mass is 313 g/mol. The molecule has 0 saturated heterocycles. The topological polar surface area (TPSA) is 61.5 Å². The molecule has 0 aromatic heterocycles. The van der Waals surface area contributed by atoms with Gasteiger partial charge >= 0.3 is 12.3 Å². The summed E-state index contributed by atoms with van der Waals surface area (Å²) in [6.45, 7) is 0. The van der Waals surface area contributed by atoms with Gasteiger partial charge in [0.15, 0.2) is 0 Å². The molecule has 4 nitrogen and oxygen atoms in total. The van der Waals surface area contributed by atoms with Gasteiger partial charge in [0.1, 0.15) is 11.3 Å². The summed E-state index contributed by atoms with van der Waals surface area (Å²) in [7, 11) is 1.04. The number of anilines is 1. The van der Waals surface area contributed by atoms with Crippen LogP contribution in [-0.2, 0) is 4.74 Å². The fraction of sp³-hybridized carbons (Fsp3) is 0.222. The van der Waals surface area contributed by atoms with Gasteiger partial charge in [0.05, 0.1) is 11.6 Å².